The zero-order valence-electron chi connectivity index (χ0n) is 12.0. The average molecular weight is 297 g/mol. The Morgan fingerprint density at radius 1 is 1.14 bits per heavy atom. The van der Waals surface area contributed by atoms with E-state index in [1.807, 2.05) is 36.0 Å². The summed E-state index contributed by atoms with van der Waals surface area (Å²) in [6.07, 6.45) is 1.94. The van der Waals surface area contributed by atoms with Crippen LogP contribution in [0, 0.1) is 0 Å². The van der Waals surface area contributed by atoms with Crippen molar-refractivity contribution in [1.82, 2.24) is 4.57 Å². The lowest BCUT2D eigenvalue weighted by atomic mass is 9.96. The first-order valence-electron chi connectivity index (χ1n) is 7.00. The largest absolute Gasteiger partial charge is 0.507 e. The Balaban J connectivity index is 2.07. The molecule has 0 bridgehead atoms. The Kier molecular flexibility index (Phi) is 2.77. The van der Waals surface area contributed by atoms with Gasteiger partial charge in [-0.15, -0.1) is 0 Å². The number of ether oxygens (including phenoxy) is 2. The number of nitrogens with zero attached hydrogens (tertiary/aromatic N) is 1. The zero-order valence-corrected chi connectivity index (χ0v) is 12.0. The summed E-state index contributed by atoms with van der Waals surface area (Å²) in [7, 11) is 1.93. The third kappa shape index (κ3) is 1.76. The van der Waals surface area contributed by atoms with Gasteiger partial charge in [-0.25, -0.2) is 0 Å². The van der Waals surface area contributed by atoms with E-state index in [-0.39, 0.29) is 19.1 Å². The molecule has 0 atom stereocenters. The second-order valence-corrected chi connectivity index (χ2v) is 5.34. The number of aromatic nitrogens is 1. The van der Waals surface area contributed by atoms with E-state index in [4.69, 9.17) is 9.47 Å². The summed E-state index contributed by atoms with van der Waals surface area (Å²) in [5.74, 6) is 1.41. The van der Waals surface area contributed by atoms with Gasteiger partial charge in [0.05, 0.1) is 12.1 Å². The zero-order chi connectivity index (χ0) is 15.3. The summed E-state index contributed by atoms with van der Waals surface area (Å²) >= 11 is 0. The maximum Gasteiger partial charge on any atom is 0.231 e. The Bertz CT molecular complexity index is 882. The first-order chi connectivity index (χ1) is 10.7. The number of aliphatic hydroxyl groups is 1. The number of aryl methyl sites for hydroxylation is 1. The van der Waals surface area contributed by atoms with Gasteiger partial charge in [0.1, 0.15) is 5.75 Å². The molecule has 1 aliphatic heterocycles. The van der Waals surface area contributed by atoms with Gasteiger partial charge in [0.25, 0.3) is 0 Å². The molecule has 112 valence electrons. The predicted molar refractivity (Wildman–Crippen MR) is 82.1 cm³/mol. The number of benzene rings is 2. The number of hydrogen-bond donors (Lipinski definition) is 2. The van der Waals surface area contributed by atoms with Crippen LogP contribution in [0.2, 0.25) is 0 Å². The molecule has 3 aromatic rings. The molecule has 0 unspecified atom stereocenters. The summed E-state index contributed by atoms with van der Waals surface area (Å²) in [6.45, 7) is 0.0240. The van der Waals surface area contributed by atoms with E-state index in [2.05, 4.69) is 0 Å². The highest BCUT2D eigenvalue weighted by atomic mass is 16.7. The topological polar surface area (TPSA) is 63.9 Å². The van der Waals surface area contributed by atoms with Crippen molar-refractivity contribution < 1.29 is 19.7 Å². The molecule has 5 heteroatoms. The summed E-state index contributed by atoms with van der Waals surface area (Å²) in [4.78, 5) is 0. The first kappa shape index (κ1) is 13.0. The molecule has 0 fully saturated rings. The van der Waals surface area contributed by atoms with Gasteiger partial charge in [0.2, 0.25) is 6.79 Å². The number of aliphatic hydroxyl groups excluding tert-OH is 1. The van der Waals surface area contributed by atoms with Crippen LogP contribution in [-0.4, -0.2) is 21.6 Å². The summed E-state index contributed by atoms with van der Waals surface area (Å²) in [5.41, 5.74) is 3.03. The van der Waals surface area contributed by atoms with E-state index in [1.54, 1.807) is 12.1 Å². The fraction of sp³-hybridized carbons (Fsp3) is 0.176. The van der Waals surface area contributed by atoms with Crippen LogP contribution < -0.4 is 9.47 Å². The molecule has 0 radical (unpaired) electrons. The maximum atomic E-state index is 10.4. The molecule has 1 aliphatic rings. The van der Waals surface area contributed by atoms with E-state index < -0.39 is 0 Å². The van der Waals surface area contributed by atoms with Crippen molar-refractivity contribution in [3.8, 4) is 28.4 Å². The molecule has 2 N–H and O–H groups in total. The number of hydrogen-bond acceptors (Lipinski definition) is 4. The number of fused-ring (bicyclic) bond motifs is 2. The minimum absolute atomic E-state index is 0.147. The van der Waals surface area contributed by atoms with Gasteiger partial charge in [-0.05, 0) is 41.5 Å². The molecule has 4 rings (SSSR count). The fourth-order valence-electron chi connectivity index (χ4n) is 2.99. The lowest BCUT2D eigenvalue weighted by Gasteiger charge is -2.13. The monoisotopic (exact) mass is 297 g/mol. The van der Waals surface area contributed by atoms with E-state index in [0.29, 0.717) is 22.6 Å². The van der Waals surface area contributed by atoms with E-state index in [0.717, 1.165) is 16.5 Å². The van der Waals surface area contributed by atoms with Crippen LogP contribution in [0.5, 0.6) is 17.2 Å². The second kappa shape index (κ2) is 4.68. The van der Waals surface area contributed by atoms with Crippen LogP contribution in [0.4, 0.5) is 0 Å². The van der Waals surface area contributed by atoms with Crippen molar-refractivity contribution in [2.24, 2.45) is 7.05 Å². The van der Waals surface area contributed by atoms with Crippen LogP contribution in [-0.2, 0) is 13.7 Å². The third-order valence-electron chi connectivity index (χ3n) is 4.06. The van der Waals surface area contributed by atoms with Crippen LogP contribution in [0.25, 0.3) is 22.0 Å². The standard InChI is InChI=1S/C17H15NO4/c1-18-5-4-10-2-3-13(20)16(17(10)18)12-7-15-14(21-9-22-15)6-11(12)8-19/h2-7,19-20H,8-9H2,1H3. The molecule has 0 spiro atoms. The van der Waals surface area contributed by atoms with Crippen molar-refractivity contribution in [2.75, 3.05) is 6.79 Å². The molecule has 22 heavy (non-hydrogen) atoms. The molecule has 0 amide bonds. The van der Waals surface area contributed by atoms with Crippen molar-refractivity contribution in [1.29, 1.82) is 0 Å². The molecule has 1 aromatic heterocycles. The van der Waals surface area contributed by atoms with Crippen molar-refractivity contribution in [2.45, 2.75) is 6.61 Å². The molecule has 2 heterocycles. The van der Waals surface area contributed by atoms with Crippen LogP contribution in [0.15, 0.2) is 36.5 Å². The fourth-order valence-corrected chi connectivity index (χ4v) is 2.99. The van der Waals surface area contributed by atoms with Crippen LogP contribution >= 0.6 is 0 Å². The predicted octanol–water partition coefficient (Wildman–Crippen LogP) is 2.77. The highest BCUT2D eigenvalue weighted by Gasteiger charge is 2.21. The minimum atomic E-state index is -0.147. The Morgan fingerprint density at radius 3 is 2.68 bits per heavy atom. The number of rotatable bonds is 2. The van der Waals surface area contributed by atoms with Crippen molar-refractivity contribution >= 4 is 10.9 Å². The normalized spacial score (nSPS) is 13.0. The molecular weight excluding hydrogens is 282 g/mol. The SMILES string of the molecule is Cn1ccc2ccc(O)c(-c3cc4c(cc3CO)OCO4)c21. The minimum Gasteiger partial charge on any atom is -0.507 e. The summed E-state index contributed by atoms with van der Waals surface area (Å²) in [5, 5.41) is 21.1. The van der Waals surface area contributed by atoms with E-state index in [1.165, 1.54) is 0 Å². The van der Waals surface area contributed by atoms with Gasteiger partial charge < -0.3 is 24.3 Å². The van der Waals surface area contributed by atoms with Gasteiger partial charge in [0, 0.05) is 24.2 Å². The number of aromatic hydroxyl groups is 1. The molecular formula is C17H15NO4. The van der Waals surface area contributed by atoms with Crippen molar-refractivity contribution in [3.05, 3.63) is 42.1 Å². The van der Waals surface area contributed by atoms with Crippen LogP contribution in [0.1, 0.15) is 5.56 Å². The van der Waals surface area contributed by atoms with E-state index >= 15 is 0 Å². The first-order valence-corrected chi connectivity index (χ1v) is 7.00. The smallest absolute Gasteiger partial charge is 0.231 e. The molecule has 0 aliphatic carbocycles. The Labute approximate surface area is 126 Å². The molecule has 2 aromatic carbocycles. The Morgan fingerprint density at radius 2 is 1.91 bits per heavy atom. The maximum absolute atomic E-state index is 10.4. The van der Waals surface area contributed by atoms with Crippen LogP contribution in [0.3, 0.4) is 0 Å². The highest BCUT2D eigenvalue weighted by molar-refractivity contribution is 5.99. The lowest BCUT2D eigenvalue weighted by Crippen LogP contribution is -1.94. The second-order valence-electron chi connectivity index (χ2n) is 5.34. The molecule has 0 saturated carbocycles. The highest BCUT2D eigenvalue weighted by Crippen LogP contribution is 2.44. The quantitative estimate of drug-likeness (QED) is 0.763. The van der Waals surface area contributed by atoms with E-state index in [9.17, 15) is 10.2 Å². The average Bonchev–Trinajstić information content (AvgIpc) is 3.12. The van der Waals surface area contributed by atoms with Gasteiger partial charge in [-0.1, -0.05) is 0 Å². The third-order valence-corrected chi connectivity index (χ3v) is 4.06. The van der Waals surface area contributed by atoms with Gasteiger partial charge in [-0.3, -0.25) is 0 Å². The number of phenolic OH excluding ortho intramolecular Hbond substituents is 1. The molecule has 5 nitrogen and oxygen atoms in total. The summed E-state index contributed by atoms with van der Waals surface area (Å²) < 4.78 is 12.7. The Hall–Kier alpha value is -2.66. The van der Waals surface area contributed by atoms with Gasteiger partial charge in [-0.2, -0.15) is 0 Å². The lowest BCUT2D eigenvalue weighted by molar-refractivity contribution is 0.174. The number of phenols is 1. The molecule has 0 saturated heterocycles. The summed E-state index contributed by atoms with van der Waals surface area (Å²) in [6, 6.07) is 9.11. The van der Waals surface area contributed by atoms with Crippen molar-refractivity contribution in [3.63, 3.8) is 0 Å². The van der Waals surface area contributed by atoms with Gasteiger partial charge in [0.15, 0.2) is 11.5 Å². The van der Waals surface area contributed by atoms with Gasteiger partial charge >= 0.3 is 0 Å².